The molecule has 138 valence electrons. The number of nitrogens with one attached hydrogen (secondary N) is 2. The lowest BCUT2D eigenvalue weighted by atomic mass is 10.1. The van der Waals surface area contributed by atoms with E-state index in [0.717, 1.165) is 53.2 Å². The summed E-state index contributed by atoms with van der Waals surface area (Å²) in [6, 6.07) is 8.04. The largest absolute Gasteiger partial charge is 0.341 e. The lowest BCUT2D eigenvalue weighted by Crippen LogP contribution is -2.32. The number of aromatic amines is 2. The van der Waals surface area contributed by atoms with Crippen molar-refractivity contribution in [1.29, 1.82) is 0 Å². The van der Waals surface area contributed by atoms with E-state index in [-0.39, 0.29) is 5.56 Å². The van der Waals surface area contributed by atoms with Gasteiger partial charge in [-0.1, -0.05) is 43.5 Å². The molecule has 1 aromatic carbocycles. The van der Waals surface area contributed by atoms with Gasteiger partial charge < -0.3 is 4.98 Å². The van der Waals surface area contributed by atoms with E-state index >= 15 is 0 Å². The molecule has 6 nitrogen and oxygen atoms in total. The van der Waals surface area contributed by atoms with E-state index < -0.39 is 0 Å². The molecule has 27 heavy (non-hydrogen) atoms. The van der Waals surface area contributed by atoms with Gasteiger partial charge in [0.05, 0.1) is 29.8 Å². The van der Waals surface area contributed by atoms with Gasteiger partial charge in [-0.3, -0.25) is 14.8 Å². The maximum Gasteiger partial charge on any atom is 0.270 e. The number of nitrogens with zero attached hydrogens (tertiary/aromatic N) is 3. The lowest BCUT2D eigenvalue weighted by Gasteiger charge is -2.24. The predicted octanol–water partition coefficient (Wildman–Crippen LogP) is 2.91. The van der Waals surface area contributed by atoms with Crippen molar-refractivity contribution in [3.63, 3.8) is 0 Å². The maximum absolute atomic E-state index is 12.7. The summed E-state index contributed by atoms with van der Waals surface area (Å²) in [5.41, 5.74) is 4.92. The van der Waals surface area contributed by atoms with Gasteiger partial charge in [0.2, 0.25) is 0 Å². The van der Waals surface area contributed by atoms with Crippen LogP contribution in [0.3, 0.4) is 0 Å². The molecule has 0 atom stereocenters. The van der Waals surface area contributed by atoms with Gasteiger partial charge in [0.1, 0.15) is 5.82 Å². The summed E-state index contributed by atoms with van der Waals surface area (Å²) >= 11 is 0. The van der Waals surface area contributed by atoms with Crippen molar-refractivity contribution in [2.24, 2.45) is 0 Å². The number of hydrogen-bond acceptors (Lipinski definition) is 3. The van der Waals surface area contributed by atoms with E-state index in [4.69, 9.17) is 0 Å². The Balaban J connectivity index is 1.52. The highest BCUT2D eigenvalue weighted by atomic mass is 16.1. The van der Waals surface area contributed by atoms with Crippen molar-refractivity contribution >= 4 is 11.0 Å². The molecule has 0 saturated carbocycles. The third-order valence-electron chi connectivity index (χ3n) is 4.94. The number of H-pyrrole nitrogens is 2. The topological polar surface area (TPSA) is 69.7 Å². The molecular formula is C21H23N5O. The van der Waals surface area contributed by atoms with Gasteiger partial charge >= 0.3 is 0 Å². The molecule has 1 aliphatic rings. The zero-order valence-corrected chi connectivity index (χ0v) is 15.2. The average Bonchev–Trinajstić information content (AvgIpc) is 3.21. The van der Waals surface area contributed by atoms with Crippen LogP contribution in [0.25, 0.3) is 11.0 Å². The Morgan fingerprint density at radius 2 is 2.15 bits per heavy atom. The van der Waals surface area contributed by atoms with E-state index in [1.807, 2.05) is 30.3 Å². The summed E-state index contributed by atoms with van der Waals surface area (Å²) in [6.07, 6.45) is 6.07. The van der Waals surface area contributed by atoms with E-state index in [9.17, 15) is 4.79 Å². The Kier molecular flexibility index (Phi) is 4.64. The van der Waals surface area contributed by atoms with Crippen LogP contribution in [-0.2, 0) is 26.1 Å². The van der Waals surface area contributed by atoms with Crippen LogP contribution < -0.4 is 5.56 Å². The molecule has 2 N–H and O–H groups in total. The highest BCUT2D eigenvalue weighted by Gasteiger charge is 2.23. The van der Waals surface area contributed by atoms with Crippen LogP contribution >= 0.6 is 0 Å². The number of aromatic nitrogens is 4. The summed E-state index contributed by atoms with van der Waals surface area (Å²) in [6.45, 7) is 10.3. The van der Waals surface area contributed by atoms with E-state index in [2.05, 4.69) is 33.1 Å². The SMILES string of the molecule is C=C/C=C(\C=C)Cn1[nH]c2c(c1=O)CCN(Cc1nc3ccccc3[nH]1)C2. The molecule has 0 saturated heterocycles. The Morgan fingerprint density at radius 1 is 1.30 bits per heavy atom. The minimum atomic E-state index is 0.0604. The second kappa shape index (κ2) is 7.25. The molecule has 0 bridgehead atoms. The van der Waals surface area contributed by atoms with Gasteiger partial charge in [0.15, 0.2) is 0 Å². The van der Waals surface area contributed by atoms with Gasteiger partial charge in [0.25, 0.3) is 5.56 Å². The van der Waals surface area contributed by atoms with Crippen molar-refractivity contribution in [1.82, 2.24) is 24.6 Å². The standard InChI is InChI=1S/C21H23N5O/c1-3-7-15(4-2)12-26-21(27)16-10-11-25(13-19(16)24-26)14-20-22-17-8-5-6-9-18(17)23-20/h3-9,24H,1-2,10-14H2,(H,22,23)/b15-7+. The third kappa shape index (κ3) is 3.44. The molecule has 1 aliphatic heterocycles. The molecule has 0 aliphatic carbocycles. The monoisotopic (exact) mass is 361 g/mol. The highest BCUT2D eigenvalue weighted by molar-refractivity contribution is 5.74. The van der Waals surface area contributed by atoms with Crippen LogP contribution in [0.5, 0.6) is 0 Å². The predicted molar refractivity (Wildman–Crippen MR) is 107 cm³/mol. The van der Waals surface area contributed by atoms with Crippen LogP contribution in [0.15, 0.2) is 66.0 Å². The fourth-order valence-electron chi connectivity index (χ4n) is 3.59. The second-order valence-corrected chi connectivity index (χ2v) is 6.80. The van der Waals surface area contributed by atoms with Crippen LogP contribution in [-0.4, -0.2) is 31.2 Å². The highest BCUT2D eigenvalue weighted by Crippen LogP contribution is 2.18. The first kappa shape index (κ1) is 17.3. The molecule has 2 aromatic heterocycles. The number of allylic oxidation sites excluding steroid dienone is 4. The molecule has 0 fully saturated rings. The number of para-hydroxylation sites is 2. The first-order valence-electron chi connectivity index (χ1n) is 9.08. The van der Waals surface area contributed by atoms with Crippen molar-refractivity contribution in [3.8, 4) is 0 Å². The smallest absolute Gasteiger partial charge is 0.270 e. The Labute approximate surface area is 157 Å². The van der Waals surface area contributed by atoms with E-state index in [1.54, 1.807) is 16.8 Å². The van der Waals surface area contributed by atoms with Crippen LogP contribution in [0.4, 0.5) is 0 Å². The summed E-state index contributed by atoms with van der Waals surface area (Å²) in [7, 11) is 0. The zero-order valence-electron chi connectivity index (χ0n) is 15.2. The first-order chi connectivity index (χ1) is 13.2. The molecule has 3 aromatic rings. The molecule has 3 heterocycles. The quantitative estimate of drug-likeness (QED) is 0.663. The summed E-state index contributed by atoms with van der Waals surface area (Å²) < 4.78 is 1.66. The molecule has 0 radical (unpaired) electrons. The van der Waals surface area contributed by atoms with Crippen molar-refractivity contribution in [2.45, 2.75) is 26.1 Å². The number of rotatable bonds is 6. The summed E-state index contributed by atoms with van der Waals surface area (Å²) in [5.74, 6) is 0.948. The Bertz CT molecular complexity index is 1050. The fraction of sp³-hybridized carbons (Fsp3) is 0.238. The van der Waals surface area contributed by atoms with Crippen LogP contribution in [0.1, 0.15) is 17.1 Å². The zero-order chi connectivity index (χ0) is 18.8. The minimum absolute atomic E-state index is 0.0604. The molecule has 0 spiro atoms. The van der Waals surface area contributed by atoms with E-state index in [0.29, 0.717) is 13.1 Å². The normalized spacial score (nSPS) is 15.0. The summed E-state index contributed by atoms with van der Waals surface area (Å²) in [5, 5.41) is 3.28. The van der Waals surface area contributed by atoms with Gasteiger partial charge in [-0.2, -0.15) is 0 Å². The van der Waals surface area contributed by atoms with Gasteiger partial charge in [-0.05, 0) is 24.1 Å². The van der Waals surface area contributed by atoms with Gasteiger partial charge in [0, 0.05) is 18.7 Å². The second-order valence-electron chi connectivity index (χ2n) is 6.80. The number of hydrogen-bond donors (Lipinski definition) is 2. The minimum Gasteiger partial charge on any atom is -0.341 e. The number of imidazole rings is 1. The van der Waals surface area contributed by atoms with Crippen molar-refractivity contribution in [2.75, 3.05) is 6.54 Å². The Hall–Kier alpha value is -3.12. The number of benzene rings is 1. The fourth-order valence-corrected chi connectivity index (χ4v) is 3.59. The molecule has 6 heteroatoms. The van der Waals surface area contributed by atoms with Gasteiger partial charge in [-0.25, -0.2) is 9.67 Å². The maximum atomic E-state index is 12.7. The Morgan fingerprint density at radius 3 is 2.93 bits per heavy atom. The van der Waals surface area contributed by atoms with E-state index in [1.165, 1.54) is 0 Å². The molecule has 4 rings (SSSR count). The van der Waals surface area contributed by atoms with Gasteiger partial charge in [-0.15, -0.1) is 0 Å². The molecular weight excluding hydrogens is 338 g/mol. The molecule has 0 amide bonds. The van der Waals surface area contributed by atoms with Crippen molar-refractivity contribution in [3.05, 3.63) is 88.7 Å². The van der Waals surface area contributed by atoms with Crippen LogP contribution in [0, 0.1) is 0 Å². The van der Waals surface area contributed by atoms with Crippen LogP contribution in [0.2, 0.25) is 0 Å². The van der Waals surface area contributed by atoms with Crippen molar-refractivity contribution < 1.29 is 0 Å². The molecule has 0 unspecified atom stereocenters. The summed E-state index contributed by atoms with van der Waals surface area (Å²) in [4.78, 5) is 23.0. The average molecular weight is 361 g/mol. The third-order valence-corrected chi connectivity index (χ3v) is 4.94. The lowest BCUT2D eigenvalue weighted by molar-refractivity contribution is 0.237. The number of fused-ring (bicyclic) bond motifs is 2. The first-order valence-corrected chi connectivity index (χ1v) is 9.08.